The summed E-state index contributed by atoms with van der Waals surface area (Å²) in [5.74, 6) is -0.873. The number of ether oxygens (including phenoxy) is 1. The monoisotopic (exact) mass is 533 g/mol. The van der Waals surface area contributed by atoms with Crippen molar-refractivity contribution in [1.29, 1.82) is 0 Å². The third-order valence-electron chi connectivity index (χ3n) is 7.03. The first-order valence-electron chi connectivity index (χ1n) is 13.1. The van der Waals surface area contributed by atoms with E-state index >= 15 is 0 Å². The van der Waals surface area contributed by atoms with Crippen LogP contribution in [0.2, 0.25) is 0 Å². The van der Waals surface area contributed by atoms with Gasteiger partial charge in [-0.1, -0.05) is 46.5 Å². The smallest absolute Gasteiger partial charge is 0.407 e. The van der Waals surface area contributed by atoms with Gasteiger partial charge in [0.05, 0.1) is 12.4 Å². The van der Waals surface area contributed by atoms with Crippen molar-refractivity contribution in [3.05, 3.63) is 0 Å². The highest BCUT2D eigenvalue weighted by atomic mass is 32.2. The van der Waals surface area contributed by atoms with Gasteiger partial charge in [0.15, 0.2) is 0 Å². The maximum Gasteiger partial charge on any atom is 0.407 e. The third kappa shape index (κ3) is 10.6. The molecule has 2 rings (SSSR count). The number of hydrogen-bond donors (Lipinski definition) is 4. The van der Waals surface area contributed by atoms with Crippen molar-refractivity contribution in [1.82, 2.24) is 16.0 Å². The molecule has 0 spiro atoms. The average Bonchev–Trinajstić information content (AvgIpc) is 3.22. The van der Waals surface area contributed by atoms with Gasteiger partial charge >= 0.3 is 6.09 Å². The normalized spacial score (nSPS) is 24.1. The second kappa shape index (κ2) is 14.7. The molecule has 0 aromatic heterocycles. The Labute approximate surface area is 214 Å². The lowest BCUT2D eigenvalue weighted by Crippen LogP contribution is -2.52. The van der Waals surface area contributed by atoms with Crippen LogP contribution in [0.1, 0.15) is 78.6 Å². The number of rotatable bonds is 14. The fourth-order valence-corrected chi connectivity index (χ4v) is 5.91. The number of carbonyl (C=O) groups excluding carboxylic acids is 3. The highest BCUT2D eigenvalue weighted by molar-refractivity contribution is 7.86. The summed E-state index contributed by atoms with van der Waals surface area (Å²) >= 11 is 0. The van der Waals surface area contributed by atoms with Gasteiger partial charge < -0.3 is 20.7 Å². The Hall–Kier alpha value is -1.92. The van der Waals surface area contributed by atoms with E-state index in [-0.39, 0.29) is 18.2 Å². The van der Waals surface area contributed by atoms with E-state index in [4.69, 9.17) is 9.99 Å². The first kappa shape index (κ1) is 30.3. The summed E-state index contributed by atoms with van der Waals surface area (Å²) in [6, 6.07) is -1.94. The van der Waals surface area contributed by atoms with Crippen LogP contribution in [-0.2, 0) is 28.8 Å². The van der Waals surface area contributed by atoms with Crippen LogP contribution in [0.15, 0.2) is 0 Å². The second-order valence-electron chi connectivity index (χ2n) is 10.6. The van der Waals surface area contributed by atoms with Gasteiger partial charge in [0.2, 0.25) is 11.8 Å². The zero-order chi connectivity index (χ0) is 26.7. The fraction of sp³-hybridized carbons (Fsp3) is 0.875. The van der Waals surface area contributed by atoms with Crippen LogP contribution in [0.4, 0.5) is 4.79 Å². The molecular formula is C24H43N3O8S. The lowest BCUT2D eigenvalue weighted by molar-refractivity contribution is -0.131. The molecule has 4 N–H and O–H groups in total. The van der Waals surface area contributed by atoms with E-state index in [1.165, 1.54) is 12.8 Å². The zero-order valence-electron chi connectivity index (χ0n) is 21.7. The molecule has 0 aromatic rings. The number of carbonyl (C=O) groups is 3. The molecule has 1 saturated heterocycles. The van der Waals surface area contributed by atoms with Crippen LogP contribution in [0.5, 0.6) is 0 Å². The fourth-order valence-electron chi connectivity index (χ4n) is 5.14. The summed E-state index contributed by atoms with van der Waals surface area (Å²) in [4.78, 5) is 37.6. The van der Waals surface area contributed by atoms with E-state index in [0.717, 1.165) is 31.6 Å². The maximum absolute atomic E-state index is 13.1. The lowest BCUT2D eigenvalue weighted by atomic mass is 9.80. The van der Waals surface area contributed by atoms with Crippen LogP contribution in [0.3, 0.4) is 0 Å². The Morgan fingerprint density at radius 1 is 1.11 bits per heavy atom. The van der Waals surface area contributed by atoms with Crippen molar-refractivity contribution in [3.63, 3.8) is 0 Å². The van der Waals surface area contributed by atoms with Gasteiger partial charge in [-0.25, -0.2) is 10.1 Å². The van der Waals surface area contributed by atoms with Crippen molar-refractivity contribution >= 4 is 28.0 Å². The van der Waals surface area contributed by atoms with Gasteiger partial charge in [0.25, 0.3) is 10.1 Å². The maximum atomic E-state index is 13.1. The standard InChI is InChI=1S/C24H43N3O8S/c1-4-5-17-6-8-18(9-7-17)14-34-24(30)27-21(12-16(2)3)23(29)26-20(15-36(32,33)35-31)13-19-10-11-25-22(19)28/h16-21,31H,4-15H2,1-3H3,(H,25,28)(H,26,29)(H,27,30)/t17?,18?,19?,20-,21?/m0/s1. The topological polar surface area (TPSA) is 160 Å². The van der Waals surface area contributed by atoms with E-state index in [1.807, 2.05) is 13.8 Å². The van der Waals surface area contributed by atoms with E-state index in [9.17, 15) is 22.8 Å². The number of nitrogens with one attached hydrogen (secondary N) is 3. The molecule has 0 aromatic carbocycles. The number of hydrogen-bond acceptors (Lipinski definition) is 8. The summed E-state index contributed by atoms with van der Waals surface area (Å²) in [5.41, 5.74) is 0. The van der Waals surface area contributed by atoms with E-state index < -0.39 is 45.9 Å². The molecule has 1 saturated carbocycles. The molecule has 208 valence electrons. The molecule has 2 unspecified atom stereocenters. The SMILES string of the molecule is CCCC1CCC(COC(=O)NC(CC(C)C)C(=O)N[C@@H](CC2CCNC2=O)CS(=O)(=O)OO)CC1. The van der Waals surface area contributed by atoms with E-state index in [0.29, 0.717) is 31.9 Å². The quantitative estimate of drug-likeness (QED) is 0.196. The Balaban J connectivity index is 1.95. The van der Waals surface area contributed by atoms with Crippen LogP contribution >= 0.6 is 0 Å². The van der Waals surface area contributed by atoms with E-state index in [1.54, 1.807) is 0 Å². The zero-order valence-corrected chi connectivity index (χ0v) is 22.5. The number of amides is 3. The molecule has 1 aliphatic heterocycles. The first-order chi connectivity index (χ1) is 17.0. The molecule has 3 atom stereocenters. The van der Waals surface area contributed by atoms with Crippen molar-refractivity contribution in [2.45, 2.75) is 90.6 Å². The Morgan fingerprint density at radius 3 is 2.33 bits per heavy atom. The molecule has 3 amide bonds. The molecular weight excluding hydrogens is 490 g/mol. The minimum absolute atomic E-state index is 0.0541. The minimum Gasteiger partial charge on any atom is -0.449 e. The predicted molar refractivity (Wildman–Crippen MR) is 133 cm³/mol. The largest absolute Gasteiger partial charge is 0.449 e. The van der Waals surface area contributed by atoms with Crippen molar-refractivity contribution in [3.8, 4) is 0 Å². The molecule has 1 aliphatic carbocycles. The van der Waals surface area contributed by atoms with Crippen LogP contribution in [0, 0.1) is 23.7 Å². The molecule has 2 fully saturated rings. The Kier molecular flexibility index (Phi) is 12.4. The van der Waals surface area contributed by atoms with Crippen LogP contribution in [0.25, 0.3) is 0 Å². The summed E-state index contributed by atoms with van der Waals surface area (Å²) in [6.45, 7) is 6.75. The lowest BCUT2D eigenvalue weighted by Gasteiger charge is -2.28. The molecule has 12 heteroatoms. The predicted octanol–water partition coefficient (Wildman–Crippen LogP) is 2.56. The Bertz CT molecular complexity index is 827. The highest BCUT2D eigenvalue weighted by Gasteiger charge is 2.33. The second-order valence-corrected chi connectivity index (χ2v) is 12.2. The van der Waals surface area contributed by atoms with Gasteiger partial charge in [0.1, 0.15) is 6.04 Å². The van der Waals surface area contributed by atoms with Crippen LogP contribution < -0.4 is 16.0 Å². The Morgan fingerprint density at radius 2 is 1.78 bits per heavy atom. The molecule has 0 bridgehead atoms. The summed E-state index contributed by atoms with van der Waals surface area (Å²) in [6.07, 6.45) is 6.92. The van der Waals surface area contributed by atoms with Crippen LogP contribution in [-0.4, -0.2) is 62.6 Å². The summed E-state index contributed by atoms with van der Waals surface area (Å²) in [5, 5.41) is 16.6. The molecule has 1 heterocycles. The molecule has 0 radical (unpaired) electrons. The number of alkyl carbamates (subject to hydrolysis) is 1. The van der Waals surface area contributed by atoms with Crippen molar-refractivity contribution in [2.75, 3.05) is 18.9 Å². The third-order valence-corrected chi connectivity index (χ3v) is 8.06. The summed E-state index contributed by atoms with van der Waals surface area (Å²) in [7, 11) is -4.33. The average molecular weight is 534 g/mol. The van der Waals surface area contributed by atoms with Crippen molar-refractivity contribution < 1.29 is 37.1 Å². The van der Waals surface area contributed by atoms with Gasteiger partial charge in [-0.2, -0.15) is 8.42 Å². The first-order valence-corrected chi connectivity index (χ1v) is 14.7. The highest BCUT2D eigenvalue weighted by Crippen LogP contribution is 2.31. The minimum atomic E-state index is -4.33. The molecule has 11 nitrogen and oxygen atoms in total. The molecule has 2 aliphatic rings. The van der Waals surface area contributed by atoms with E-state index in [2.05, 4.69) is 27.2 Å². The van der Waals surface area contributed by atoms with Gasteiger partial charge in [-0.15, -0.1) is 4.33 Å². The van der Waals surface area contributed by atoms with Crippen molar-refractivity contribution in [2.24, 2.45) is 23.7 Å². The van der Waals surface area contributed by atoms with Gasteiger partial charge in [0, 0.05) is 18.5 Å². The summed E-state index contributed by atoms with van der Waals surface area (Å²) < 4.78 is 32.7. The van der Waals surface area contributed by atoms with Gasteiger partial charge in [-0.05, 0) is 49.9 Å². The molecule has 36 heavy (non-hydrogen) atoms. The van der Waals surface area contributed by atoms with Gasteiger partial charge in [-0.3, -0.25) is 9.59 Å².